The van der Waals surface area contributed by atoms with Crippen molar-refractivity contribution in [2.45, 2.75) is 38.3 Å². The van der Waals surface area contributed by atoms with E-state index < -0.39 is 5.92 Å². The van der Waals surface area contributed by atoms with Crippen molar-refractivity contribution in [2.75, 3.05) is 5.32 Å². The van der Waals surface area contributed by atoms with Gasteiger partial charge in [-0.15, -0.1) is 5.10 Å². The molecule has 1 fully saturated rings. The van der Waals surface area contributed by atoms with Crippen LogP contribution in [0.25, 0.3) is 33.2 Å². The summed E-state index contributed by atoms with van der Waals surface area (Å²) in [5.41, 5.74) is 4.46. The van der Waals surface area contributed by atoms with Gasteiger partial charge in [-0.1, -0.05) is 11.3 Å². The molecule has 1 saturated carbocycles. The van der Waals surface area contributed by atoms with E-state index in [9.17, 15) is 8.78 Å². The second-order valence-electron chi connectivity index (χ2n) is 6.87. The zero-order valence-corrected chi connectivity index (χ0v) is 14.6. The number of rotatable bonds is 4. The fourth-order valence-electron chi connectivity index (χ4n) is 3.53. The average Bonchev–Trinajstić information content (AvgIpc) is 3.22. The summed E-state index contributed by atoms with van der Waals surface area (Å²) in [7, 11) is 0. The van der Waals surface area contributed by atoms with Crippen molar-refractivity contribution in [2.24, 2.45) is 0 Å². The lowest BCUT2D eigenvalue weighted by molar-refractivity contribution is -0.0794. The molecule has 0 atom stereocenters. The van der Waals surface area contributed by atoms with Crippen LogP contribution in [0.3, 0.4) is 0 Å². The molecule has 27 heavy (non-hydrogen) atoms. The summed E-state index contributed by atoms with van der Waals surface area (Å²) in [6, 6.07) is 5.69. The van der Waals surface area contributed by atoms with E-state index in [1.807, 2.05) is 36.0 Å². The molecule has 5 rings (SSSR count). The van der Waals surface area contributed by atoms with E-state index in [4.69, 9.17) is 0 Å². The number of anilines is 1. The Morgan fingerprint density at radius 2 is 2.19 bits per heavy atom. The second kappa shape index (κ2) is 5.70. The predicted molar refractivity (Wildman–Crippen MR) is 97.7 cm³/mol. The lowest BCUT2D eigenvalue weighted by atomic mass is 9.88. The summed E-state index contributed by atoms with van der Waals surface area (Å²) in [6.07, 6.45) is 3.24. The summed E-state index contributed by atoms with van der Waals surface area (Å²) in [6.45, 7) is 2.76. The monoisotopic (exact) mass is 369 g/mol. The van der Waals surface area contributed by atoms with Gasteiger partial charge in [0.05, 0.1) is 5.52 Å². The van der Waals surface area contributed by atoms with Gasteiger partial charge in [-0.05, 0) is 24.6 Å². The maximum atomic E-state index is 13.0. The number of aromatic amines is 1. The number of H-pyrrole nitrogens is 1. The SMILES string of the molecule is CCn1nnc2ccc(-c3c[nH]c4nc(NC5CC(F)(F)C5)ncc34)cc21. The molecule has 0 saturated heterocycles. The molecule has 2 N–H and O–H groups in total. The highest BCUT2D eigenvalue weighted by molar-refractivity contribution is 5.95. The van der Waals surface area contributed by atoms with Crippen LogP contribution in [0, 0.1) is 0 Å². The Labute approximate surface area is 152 Å². The van der Waals surface area contributed by atoms with Gasteiger partial charge in [0, 0.05) is 48.8 Å². The van der Waals surface area contributed by atoms with Gasteiger partial charge in [0.2, 0.25) is 5.95 Å². The van der Waals surface area contributed by atoms with Crippen molar-refractivity contribution in [1.29, 1.82) is 0 Å². The van der Waals surface area contributed by atoms with Crippen molar-refractivity contribution >= 4 is 28.0 Å². The highest BCUT2D eigenvalue weighted by atomic mass is 19.3. The van der Waals surface area contributed by atoms with Gasteiger partial charge < -0.3 is 10.3 Å². The highest BCUT2D eigenvalue weighted by Crippen LogP contribution is 2.39. The fourth-order valence-corrected chi connectivity index (χ4v) is 3.53. The topological polar surface area (TPSA) is 84.3 Å². The third-order valence-corrected chi connectivity index (χ3v) is 4.98. The predicted octanol–water partition coefficient (Wildman–Crippen LogP) is 3.60. The first-order valence-corrected chi connectivity index (χ1v) is 8.84. The van der Waals surface area contributed by atoms with Crippen molar-refractivity contribution in [3.8, 4) is 11.1 Å². The maximum Gasteiger partial charge on any atom is 0.252 e. The fraction of sp³-hybridized carbons (Fsp3) is 0.333. The number of halogens is 2. The standard InChI is InChI=1S/C18H17F2N7/c1-2-27-15-5-10(3-4-14(15)25-26-27)12-8-21-16-13(12)9-22-17(24-16)23-11-6-18(19,20)7-11/h3-5,8-9,11H,2,6-7H2,1H3,(H2,21,22,23,24). The molecule has 3 heterocycles. The average molecular weight is 369 g/mol. The molecule has 4 aromatic rings. The third-order valence-electron chi connectivity index (χ3n) is 4.98. The lowest BCUT2D eigenvalue weighted by Gasteiger charge is -2.35. The van der Waals surface area contributed by atoms with E-state index in [0.29, 0.717) is 11.6 Å². The van der Waals surface area contributed by atoms with Crippen LogP contribution in [0.2, 0.25) is 0 Å². The number of nitrogens with zero attached hydrogens (tertiary/aromatic N) is 5. The largest absolute Gasteiger partial charge is 0.351 e. The molecule has 1 aliphatic carbocycles. The quantitative estimate of drug-likeness (QED) is 0.574. The first-order chi connectivity index (χ1) is 13.0. The van der Waals surface area contributed by atoms with Crippen LogP contribution in [0.4, 0.5) is 14.7 Å². The Balaban J connectivity index is 1.47. The van der Waals surface area contributed by atoms with E-state index in [0.717, 1.165) is 34.1 Å². The molecule has 0 unspecified atom stereocenters. The summed E-state index contributed by atoms with van der Waals surface area (Å²) < 4.78 is 27.8. The third kappa shape index (κ3) is 2.70. The van der Waals surface area contributed by atoms with E-state index in [-0.39, 0.29) is 18.9 Å². The first-order valence-electron chi connectivity index (χ1n) is 8.84. The van der Waals surface area contributed by atoms with Crippen LogP contribution in [0.15, 0.2) is 30.6 Å². The summed E-state index contributed by atoms with van der Waals surface area (Å²) in [4.78, 5) is 11.9. The molecule has 0 bridgehead atoms. The molecule has 1 aromatic carbocycles. The molecule has 0 spiro atoms. The van der Waals surface area contributed by atoms with Crippen molar-refractivity contribution in [1.82, 2.24) is 29.9 Å². The molecule has 138 valence electrons. The van der Waals surface area contributed by atoms with Gasteiger partial charge in [0.25, 0.3) is 5.92 Å². The molecule has 0 amide bonds. The maximum absolute atomic E-state index is 13.0. The summed E-state index contributed by atoms with van der Waals surface area (Å²) in [5.74, 6) is -2.21. The number of alkyl halides is 2. The summed E-state index contributed by atoms with van der Waals surface area (Å²) >= 11 is 0. The van der Waals surface area contributed by atoms with E-state index in [1.54, 1.807) is 6.20 Å². The number of benzene rings is 1. The zero-order chi connectivity index (χ0) is 18.6. The molecule has 7 nitrogen and oxygen atoms in total. The number of fused-ring (bicyclic) bond motifs is 2. The minimum Gasteiger partial charge on any atom is -0.351 e. The van der Waals surface area contributed by atoms with Crippen LogP contribution < -0.4 is 5.32 Å². The van der Waals surface area contributed by atoms with Crippen molar-refractivity contribution < 1.29 is 8.78 Å². The van der Waals surface area contributed by atoms with Gasteiger partial charge in [-0.25, -0.2) is 18.4 Å². The molecule has 3 aromatic heterocycles. The Morgan fingerprint density at radius 1 is 1.33 bits per heavy atom. The lowest BCUT2D eigenvalue weighted by Crippen LogP contribution is -2.44. The number of aryl methyl sites for hydroxylation is 1. The Bertz CT molecular complexity index is 1140. The highest BCUT2D eigenvalue weighted by Gasteiger charge is 2.45. The molecular formula is C18H17F2N7. The van der Waals surface area contributed by atoms with Gasteiger partial charge in [0.15, 0.2) is 0 Å². The van der Waals surface area contributed by atoms with Crippen LogP contribution in [-0.2, 0) is 6.54 Å². The minimum atomic E-state index is -2.57. The smallest absolute Gasteiger partial charge is 0.252 e. The zero-order valence-electron chi connectivity index (χ0n) is 14.6. The molecule has 9 heteroatoms. The number of nitrogens with one attached hydrogen (secondary N) is 2. The van der Waals surface area contributed by atoms with Crippen LogP contribution in [-0.4, -0.2) is 41.9 Å². The second-order valence-corrected chi connectivity index (χ2v) is 6.87. The Hall–Kier alpha value is -3.10. The van der Waals surface area contributed by atoms with Gasteiger partial charge in [-0.3, -0.25) is 0 Å². The Morgan fingerprint density at radius 3 is 2.96 bits per heavy atom. The first kappa shape index (κ1) is 16.1. The molecule has 0 radical (unpaired) electrons. The number of hydrogen-bond donors (Lipinski definition) is 2. The van der Waals surface area contributed by atoms with E-state index >= 15 is 0 Å². The van der Waals surface area contributed by atoms with Gasteiger partial charge >= 0.3 is 0 Å². The molecule has 0 aliphatic heterocycles. The van der Waals surface area contributed by atoms with Crippen molar-refractivity contribution in [3.63, 3.8) is 0 Å². The van der Waals surface area contributed by atoms with Crippen molar-refractivity contribution in [3.05, 3.63) is 30.6 Å². The number of aromatic nitrogens is 6. The summed E-state index contributed by atoms with van der Waals surface area (Å²) in [5, 5.41) is 12.1. The molecular weight excluding hydrogens is 352 g/mol. The van der Waals surface area contributed by atoms with Crippen LogP contribution in [0.1, 0.15) is 19.8 Å². The van der Waals surface area contributed by atoms with Crippen LogP contribution in [0.5, 0.6) is 0 Å². The van der Waals surface area contributed by atoms with E-state index in [1.165, 1.54) is 0 Å². The van der Waals surface area contributed by atoms with Gasteiger partial charge in [-0.2, -0.15) is 4.98 Å². The van der Waals surface area contributed by atoms with Crippen LogP contribution >= 0.6 is 0 Å². The number of hydrogen-bond acceptors (Lipinski definition) is 5. The normalized spacial score (nSPS) is 16.7. The van der Waals surface area contributed by atoms with Gasteiger partial charge in [0.1, 0.15) is 11.2 Å². The molecule has 1 aliphatic rings. The van der Waals surface area contributed by atoms with E-state index in [2.05, 4.69) is 30.6 Å². The minimum absolute atomic E-state index is 0.177. The Kier molecular flexibility index (Phi) is 3.40.